The summed E-state index contributed by atoms with van der Waals surface area (Å²) in [6, 6.07) is 58.3. The van der Waals surface area contributed by atoms with Crippen molar-refractivity contribution in [1.82, 2.24) is 9.13 Å². The van der Waals surface area contributed by atoms with E-state index in [2.05, 4.69) is 188 Å². The second-order valence-corrected chi connectivity index (χ2v) is 17.6. The van der Waals surface area contributed by atoms with E-state index in [0.717, 1.165) is 38.8 Å². The van der Waals surface area contributed by atoms with Crippen LogP contribution in [0.25, 0.3) is 98.8 Å². The maximum absolute atomic E-state index is 6.46. The molecule has 0 N–H and O–H groups in total. The lowest BCUT2D eigenvalue weighted by Crippen LogP contribution is -2.33. The van der Waals surface area contributed by atoms with Gasteiger partial charge in [0.25, 0.3) is 0 Å². The van der Waals surface area contributed by atoms with Crippen molar-refractivity contribution in [2.75, 3.05) is 0 Å². The molecule has 0 aliphatic heterocycles. The Morgan fingerprint density at radius 3 is 1.86 bits per heavy atom. The summed E-state index contributed by atoms with van der Waals surface area (Å²) in [5.74, 6) is 0. The van der Waals surface area contributed by atoms with E-state index in [1.54, 1.807) is 0 Å². The number of furan rings is 1. The van der Waals surface area contributed by atoms with Gasteiger partial charge in [-0.05, 0) is 112 Å². The van der Waals surface area contributed by atoms with Crippen molar-refractivity contribution >= 4 is 76.3 Å². The van der Waals surface area contributed by atoms with E-state index in [4.69, 9.17) is 4.42 Å². The molecule has 0 unspecified atom stereocenters. The molecule has 0 atom stereocenters. The molecule has 1 aliphatic carbocycles. The minimum Gasteiger partial charge on any atom is -0.455 e. The van der Waals surface area contributed by atoms with Crippen molar-refractivity contribution in [2.24, 2.45) is 0 Å². The zero-order valence-corrected chi connectivity index (χ0v) is 32.7. The highest BCUT2D eigenvalue weighted by Gasteiger charge is 2.38. The molecule has 3 heteroatoms. The lowest BCUT2D eigenvalue weighted by molar-refractivity contribution is 0.332. The molecule has 274 valence electrons. The first kappa shape index (κ1) is 32.6. The van der Waals surface area contributed by atoms with Gasteiger partial charge < -0.3 is 13.6 Å². The molecule has 0 saturated heterocycles. The van der Waals surface area contributed by atoms with E-state index in [1.807, 2.05) is 6.07 Å². The summed E-state index contributed by atoms with van der Waals surface area (Å²) in [6.07, 6.45) is 2.37. The van der Waals surface area contributed by atoms with E-state index >= 15 is 0 Å². The van der Waals surface area contributed by atoms with Gasteiger partial charge in [0, 0.05) is 49.3 Å². The lowest BCUT2D eigenvalue weighted by Gasteiger charge is -2.42. The summed E-state index contributed by atoms with van der Waals surface area (Å²) < 4.78 is 11.4. The topological polar surface area (TPSA) is 23.0 Å². The van der Waals surface area contributed by atoms with Crippen LogP contribution in [0.4, 0.5) is 0 Å². The number of hydrogen-bond acceptors (Lipinski definition) is 1. The summed E-state index contributed by atoms with van der Waals surface area (Å²) in [6.45, 7) is 9.73. The van der Waals surface area contributed by atoms with Crippen molar-refractivity contribution in [3.05, 3.63) is 169 Å². The second kappa shape index (κ2) is 11.5. The highest BCUT2D eigenvalue weighted by molar-refractivity contribution is 6.25. The predicted molar refractivity (Wildman–Crippen MR) is 241 cm³/mol. The fourth-order valence-electron chi connectivity index (χ4n) is 10.3. The zero-order chi connectivity index (χ0) is 38.2. The molecule has 0 saturated carbocycles. The van der Waals surface area contributed by atoms with Crippen LogP contribution in [0.3, 0.4) is 0 Å². The number of rotatable bonds is 3. The average Bonchev–Trinajstić information content (AvgIpc) is 3.89. The molecule has 12 rings (SSSR count). The highest BCUT2D eigenvalue weighted by Crippen LogP contribution is 2.50. The fourth-order valence-corrected chi connectivity index (χ4v) is 10.3. The van der Waals surface area contributed by atoms with E-state index in [9.17, 15) is 0 Å². The van der Waals surface area contributed by atoms with E-state index < -0.39 is 0 Å². The summed E-state index contributed by atoms with van der Waals surface area (Å²) >= 11 is 0. The van der Waals surface area contributed by atoms with Gasteiger partial charge in [-0.2, -0.15) is 0 Å². The van der Waals surface area contributed by atoms with Crippen LogP contribution in [0.5, 0.6) is 0 Å². The molecule has 11 aromatic rings. The Bertz CT molecular complexity index is 3440. The van der Waals surface area contributed by atoms with Gasteiger partial charge >= 0.3 is 0 Å². The molecule has 0 amide bonds. The van der Waals surface area contributed by atoms with Crippen LogP contribution in [-0.4, -0.2) is 9.13 Å². The van der Waals surface area contributed by atoms with Gasteiger partial charge in [0.05, 0.1) is 22.1 Å². The molecule has 3 heterocycles. The van der Waals surface area contributed by atoms with Gasteiger partial charge in [0.15, 0.2) is 0 Å². The monoisotopic (exact) mass is 734 g/mol. The first-order chi connectivity index (χ1) is 27.7. The van der Waals surface area contributed by atoms with Crippen LogP contribution in [0, 0.1) is 0 Å². The van der Waals surface area contributed by atoms with Crippen LogP contribution in [-0.2, 0) is 10.8 Å². The Kier molecular flexibility index (Phi) is 6.58. The van der Waals surface area contributed by atoms with E-state index in [-0.39, 0.29) is 10.8 Å². The van der Waals surface area contributed by atoms with Crippen LogP contribution < -0.4 is 0 Å². The SMILES string of the molecule is CC1(C)CCC(C)(C)c2cc3c(cc21)c1cc2c4c5ccccc5ccc4n(-c4ccc(-c5cccc6c5oc5ccccc56)cc4)c2cc1n3-c1ccccc1. The summed E-state index contributed by atoms with van der Waals surface area (Å²) in [7, 11) is 0. The summed E-state index contributed by atoms with van der Waals surface area (Å²) in [4.78, 5) is 0. The van der Waals surface area contributed by atoms with Crippen LogP contribution in [0.2, 0.25) is 0 Å². The maximum atomic E-state index is 6.46. The first-order valence-corrected chi connectivity index (χ1v) is 20.3. The average molecular weight is 735 g/mol. The molecule has 0 fully saturated rings. The largest absolute Gasteiger partial charge is 0.455 e. The number of hydrogen-bond donors (Lipinski definition) is 0. The van der Waals surface area contributed by atoms with Crippen molar-refractivity contribution < 1.29 is 4.42 Å². The Balaban J connectivity index is 1.16. The van der Waals surface area contributed by atoms with E-state index in [1.165, 1.54) is 84.0 Å². The fraction of sp³-hybridized carbons (Fsp3) is 0.148. The Hall–Kier alpha value is -6.58. The van der Waals surface area contributed by atoms with Gasteiger partial charge in [-0.25, -0.2) is 0 Å². The summed E-state index contributed by atoms with van der Waals surface area (Å²) in [5.41, 5.74) is 14.5. The smallest absolute Gasteiger partial charge is 0.143 e. The van der Waals surface area contributed by atoms with Gasteiger partial charge in [-0.3, -0.25) is 0 Å². The molecule has 0 spiro atoms. The second-order valence-electron chi connectivity index (χ2n) is 17.6. The quantitative estimate of drug-likeness (QED) is 0.177. The number of benzene rings is 8. The molecular formula is C54H42N2O. The standard InChI is InChI=1S/C54H42N2O/c1-53(2)27-28-54(3,4)45-31-47-42(30-44(45)53)41-29-43-49(32-48(41)56(47)35-14-6-5-7-15-35)55(46-26-23-33-13-8-9-16-37(33)51(43)46)36-24-21-34(22-25-36)38-18-12-19-40-39-17-10-11-20-50(39)57-52(38)40/h5-26,29-32H,27-28H2,1-4H3. The number of fused-ring (bicyclic) bond motifs is 12. The Labute approximate surface area is 331 Å². The first-order valence-electron chi connectivity index (χ1n) is 20.3. The maximum Gasteiger partial charge on any atom is 0.143 e. The molecular weight excluding hydrogens is 693 g/mol. The zero-order valence-electron chi connectivity index (χ0n) is 32.7. The normalized spacial score (nSPS) is 15.2. The third-order valence-electron chi connectivity index (χ3n) is 13.4. The molecule has 0 bridgehead atoms. The molecule has 8 aromatic carbocycles. The van der Waals surface area contributed by atoms with Crippen LogP contribution in [0.15, 0.2) is 162 Å². The van der Waals surface area contributed by atoms with Crippen molar-refractivity contribution in [3.63, 3.8) is 0 Å². The minimum atomic E-state index is 0.107. The van der Waals surface area contributed by atoms with Gasteiger partial charge in [-0.15, -0.1) is 0 Å². The highest BCUT2D eigenvalue weighted by atomic mass is 16.3. The van der Waals surface area contributed by atoms with Gasteiger partial charge in [0.1, 0.15) is 11.2 Å². The molecule has 57 heavy (non-hydrogen) atoms. The molecule has 3 aromatic heterocycles. The Morgan fingerprint density at radius 2 is 1.05 bits per heavy atom. The summed E-state index contributed by atoms with van der Waals surface area (Å²) in [5, 5.41) is 10.0. The lowest BCUT2D eigenvalue weighted by atomic mass is 9.63. The molecule has 0 radical (unpaired) electrons. The van der Waals surface area contributed by atoms with Gasteiger partial charge in [-0.1, -0.05) is 125 Å². The van der Waals surface area contributed by atoms with E-state index in [0.29, 0.717) is 0 Å². The van der Waals surface area contributed by atoms with Crippen molar-refractivity contribution in [1.29, 1.82) is 0 Å². The Morgan fingerprint density at radius 1 is 0.439 bits per heavy atom. The van der Waals surface area contributed by atoms with Gasteiger partial charge in [0.2, 0.25) is 0 Å². The predicted octanol–water partition coefficient (Wildman–Crippen LogP) is 14.9. The minimum absolute atomic E-state index is 0.107. The van der Waals surface area contributed by atoms with Crippen molar-refractivity contribution in [2.45, 2.75) is 51.4 Å². The number of nitrogens with zero attached hydrogens (tertiary/aromatic N) is 2. The van der Waals surface area contributed by atoms with Crippen LogP contribution >= 0.6 is 0 Å². The number of para-hydroxylation sites is 3. The number of aromatic nitrogens is 2. The third-order valence-corrected chi connectivity index (χ3v) is 13.4. The molecule has 1 aliphatic rings. The third kappa shape index (κ3) is 4.60. The van der Waals surface area contributed by atoms with Crippen molar-refractivity contribution in [3.8, 4) is 22.5 Å². The molecule has 3 nitrogen and oxygen atoms in total. The van der Waals surface area contributed by atoms with Crippen LogP contribution in [0.1, 0.15) is 51.7 Å².